The van der Waals surface area contributed by atoms with Gasteiger partial charge in [0.2, 0.25) is 5.91 Å². The zero-order chi connectivity index (χ0) is 24.1. The maximum atomic E-state index is 13.5. The van der Waals surface area contributed by atoms with E-state index in [1.54, 1.807) is 48.2 Å². The molecule has 10 nitrogen and oxygen atoms in total. The number of hydrogen-bond donors (Lipinski definition) is 0. The van der Waals surface area contributed by atoms with E-state index in [9.17, 15) is 18.0 Å². The van der Waals surface area contributed by atoms with E-state index < -0.39 is 22.7 Å². The summed E-state index contributed by atoms with van der Waals surface area (Å²) in [5.74, 6) is 0.582. The summed E-state index contributed by atoms with van der Waals surface area (Å²) in [6, 6.07) is 12.8. The third-order valence-corrected chi connectivity index (χ3v) is 7.37. The van der Waals surface area contributed by atoms with Crippen molar-refractivity contribution in [3.8, 4) is 11.5 Å². The molecule has 4 rings (SSSR count). The van der Waals surface area contributed by atoms with Gasteiger partial charge in [0, 0.05) is 32.2 Å². The summed E-state index contributed by atoms with van der Waals surface area (Å²) in [7, 11) is -4.04. The van der Waals surface area contributed by atoms with E-state index in [0.717, 1.165) is 4.31 Å². The Morgan fingerprint density at radius 2 is 1.59 bits per heavy atom. The molecule has 0 saturated carbocycles. The van der Waals surface area contributed by atoms with Crippen molar-refractivity contribution in [3.63, 3.8) is 0 Å². The van der Waals surface area contributed by atoms with E-state index in [4.69, 9.17) is 14.2 Å². The summed E-state index contributed by atoms with van der Waals surface area (Å²) >= 11 is 0. The highest BCUT2D eigenvalue weighted by molar-refractivity contribution is 7.92. The number of sulfonamides is 1. The van der Waals surface area contributed by atoms with Crippen molar-refractivity contribution in [1.29, 1.82) is 0 Å². The summed E-state index contributed by atoms with van der Waals surface area (Å²) < 4.78 is 44.3. The van der Waals surface area contributed by atoms with Crippen molar-refractivity contribution in [2.24, 2.45) is 0 Å². The lowest BCUT2D eigenvalue weighted by Gasteiger charge is -2.35. The lowest BCUT2D eigenvalue weighted by molar-refractivity contribution is -0.131. The number of rotatable bonds is 6. The zero-order valence-electron chi connectivity index (χ0n) is 18.9. The first-order valence-electron chi connectivity index (χ1n) is 11.1. The van der Waals surface area contributed by atoms with Crippen LogP contribution in [0.4, 0.5) is 10.5 Å². The lowest BCUT2D eigenvalue weighted by Crippen LogP contribution is -2.53. The van der Waals surface area contributed by atoms with E-state index in [1.807, 2.05) is 0 Å². The third-order valence-electron chi connectivity index (χ3n) is 5.58. The first-order valence-corrected chi connectivity index (χ1v) is 12.5. The molecule has 1 saturated heterocycles. The van der Waals surface area contributed by atoms with Gasteiger partial charge in [0.15, 0.2) is 11.5 Å². The zero-order valence-corrected chi connectivity index (χ0v) is 19.7. The van der Waals surface area contributed by atoms with Crippen molar-refractivity contribution in [2.45, 2.75) is 11.8 Å². The molecule has 0 unspecified atom stereocenters. The predicted molar refractivity (Wildman–Crippen MR) is 124 cm³/mol. The second-order valence-corrected chi connectivity index (χ2v) is 9.58. The van der Waals surface area contributed by atoms with Gasteiger partial charge in [-0.05, 0) is 31.2 Å². The number of amides is 2. The van der Waals surface area contributed by atoms with Crippen LogP contribution in [0.1, 0.15) is 6.92 Å². The van der Waals surface area contributed by atoms with Crippen LogP contribution < -0.4 is 13.8 Å². The van der Waals surface area contributed by atoms with Crippen LogP contribution >= 0.6 is 0 Å². The summed E-state index contributed by atoms with van der Waals surface area (Å²) in [5, 5.41) is 0. The molecule has 2 aromatic carbocycles. The highest BCUT2D eigenvalue weighted by atomic mass is 32.2. The highest BCUT2D eigenvalue weighted by Gasteiger charge is 2.32. The van der Waals surface area contributed by atoms with E-state index in [0.29, 0.717) is 43.5 Å². The normalized spacial score (nSPS) is 15.6. The minimum Gasteiger partial charge on any atom is -0.486 e. The number of fused-ring (bicyclic) bond motifs is 1. The van der Waals surface area contributed by atoms with Crippen LogP contribution in [0.5, 0.6) is 11.5 Å². The van der Waals surface area contributed by atoms with E-state index >= 15 is 0 Å². The Morgan fingerprint density at radius 1 is 0.941 bits per heavy atom. The van der Waals surface area contributed by atoms with Gasteiger partial charge in [-0.2, -0.15) is 0 Å². The second kappa shape index (κ2) is 10.2. The fourth-order valence-corrected chi connectivity index (χ4v) is 5.23. The molecule has 11 heteroatoms. The van der Waals surface area contributed by atoms with Crippen LogP contribution in [-0.4, -0.2) is 82.8 Å². The minimum atomic E-state index is -4.04. The van der Waals surface area contributed by atoms with Crippen molar-refractivity contribution in [3.05, 3.63) is 48.5 Å². The van der Waals surface area contributed by atoms with Gasteiger partial charge >= 0.3 is 6.09 Å². The van der Waals surface area contributed by atoms with Crippen LogP contribution in [0.3, 0.4) is 0 Å². The monoisotopic (exact) mass is 489 g/mol. The third kappa shape index (κ3) is 5.04. The van der Waals surface area contributed by atoms with Gasteiger partial charge < -0.3 is 24.0 Å². The summed E-state index contributed by atoms with van der Waals surface area (Å²) in [5.41, 5.74) is 0.298. The largest absolute Gasteiger partial charge is 0.486 e. The molecular formula is C23H27N3O7S. The van der Waals surface area contributed by atoms with E-state index in [-0.39, 0.29) is 30.5 Å². The Hall–Kier alpha value is -3.47. The van der Waals surface area contributed by atoms with Crippen LogP contribution in [0.25, 0.3) is 0 Å². The topological polar surface area (TPSA) is 106 Å². The van der Waals surface area contributed by atoms with E-state index in [1.165, 1.54) is 17.0 Å². The van der Waals surface area contributed by atoms with Gasteiger partial charge in [0.05, 0.1) is 17.2 Å². The average Bonchev–Trinajstić information content (AvgIpc) is 2.87. The Kier molecular flexibility index (Phi) is 7.11. The quantitative estimate of drug-likeness (QED) is 0.611. The molecule has 182 valence electrons. The molecule has 0 aromatic heterocycles. The van der Waals surface area contributed by atoms with Gasteiger partial charge in [-0.15, -0.1) is 0 Å². The number of nitrogens with zero attached hydrogens (tertiary/aromatic N) is 3. The van der Waals surface area contributed by atoms with Gasteiger partial charge in [-0.1, -0.05) is 18.2 Å². The number of piperazine rings is 1. The molecule has 2 amide bonds. The maximum Gasteiger partial charge on any atom is 0.409 e. The standard InChI is InChI=1S/C23H27N3O7S/c1-2-31-23(28)25-12-10-24(11-13-25)22(27)17-26(34(29,30)19-6-4-3-5-7-19)18-8-9-20-21(16-18)33-15-14-32-20/h3-9,16H,2,10-15,17H2,1H3. The van der Waals surface area contributed by atoms with Crippen molar-refractivity contribution in [1.82, 2.24) is 9.80 Å². The number of carbonyl (C=O) groups is 2. The molecule has 2 heterocycles. The van der Waals surface area contributed by atoms with Crippen molar-refractivity contribution in [2.75, 3.05) is 56.8 Å². The molecule has 2 aliphatic heterocycles. The summed E-state index contributed by atoms with van der Waals surface area (Å²) in [6.07, 6.45) is -0.417. The molecule has 0 atom stereocenters. The number of ether oxygens (including phenoxy) is 3. The first-order chi connectivity index (χ1) is 16.4. The molecule has 0 radical (unpaired) electrons. The maximum absolute atomic E-state index is 13.5. The Morgan fingerprint density at radius 3 is 2.26 bits per heavy atom. The number of benzene rings is 2. The molecular weight excluding hydrogens is 462 g/mol. The Labute approximate surface area is 198 Å². The molecule has 1 fully saturated rings. The summed E-state index contributed by atoms with van der Waals surface area (Å²) in [4.78, 5) is 28.3. The molecule has 2 aromatic rings. The van der Waals surface area contributed by atoms with Crippen molar-refractivity contribution < 1.29 is 32.2 Å². The first kappa shape index (κ1) is 23.7. The SMILES string of the molecule is CCOC(=O)N1CCN(C(=O)CN(c2ccc3c(c2)OCCO3)S(=O)(=O)c2ccccc2)CC1. The van der Waals surface area contributed by atoms with E-state index in [2.05, 4.69) is 0 Å². The molecule has 0 bridgehead atoms. The number of carbonyl (C=O) groups excluding carboxylic acids is 2. The lowest BCUT2D eigenvalue weighted by atomic mass is 10.2. The summed E-state index contributed by atoms with van der Waals surface area (Å²) in [6.45, 7) is 3.60. The van der Waals surface area contributed by atoms with Gasteiger partial charge in [0.25, 0.3) is 10.0 Å². The average molecular weight is 490 g/mol. The molecule has 0 spiro atoms. The highest BCUT2D eigenvalue weighted by Crippen LogP contribution is 2.35. The molecule has 2 aliphatic rings. The van der Waals surface area contributed by atoms with Crippen LogP contribution in [-0.2, 0) is 19.6 Å². The van der Waals surface area contributed by atoms with Crippen LogP contribution in [0.15, 0.2) is 53.4 Å². The van der Waals surface area contributed by atoms with Gasteiger partial charge in [-0.25, -0.2) is 13.2 Å². The smallest absolute Gasteiger partial charge is 0.409 e. The Bertz CT molecular complexity index is 1130. The fraction of sp³-hybridized carbons (Fsp3) is 0.391. The second-order valence-electron chi connectivity index (χ2n) is 7.72. The molecule has 0 aliphatic carbocycles. The Balaban J connectivity index is 1.57. The van der Waals surface area contributed by atoms with Crippen LogP contribution in [0.2, 0.25) is 0 Å². The predicted octanol–water partition coefficient (Wildman–Crippen LogP) is 1.95. The minimum absolute atomic E-state index is 0.0739. The van der Waals surface area contributed by atoms with Crippen molar-refractivity contribution >= 4 is 27.7 Å². The van der Waals surface area contributed by atoms with Gasteiger partial charge in [0.1, 0.15) is 19.8 Å². The van der Waals surface area contributed by atoms with Gasteiger partial charge in [-0.3, -0.25) is 9.10 Å². The molecule has 34 heavy (non-hydrogen) atoms. The molecule has 0 N–H and O–H groups in total. The fourth-order valence-electron chi connectivity index (χ4n) is 3.80. The van der Waals surface area contributed by atoms with Crippen LogP contribution in [0, 0.1) is 0 Å². The number of anilines is 1. The number of hydrogen-bond acceptors (Lipinski definition) is 7.